The van der Waals surface area contributed by atoms with Crippen molar-refractivity contribution in [2.75, 3.05) is 19.6 Å². The largest absolute Gasteiger partial charge is 0.314 e. The lowest BCUT2D eigenvalue weighted by Gasteiger charge is -2.61. The molecule has 1 saturated heterocycles. The topological polar surface area (TPSA) is 15.3 Å². The molecule has 5 rings (SSSR count). The Balaban J connectivity index is 1.50. The van der Waals surface area contributed by atoms with Gasteiger partial charge in [0.2, 0.25) is 0 Å². The molecule has 0 spiro atoms. The van der Waals surface area contributed by atoms with Crippen molar-refractivity contribution in [1.29, 1.82) is 0 Å². The van der Waals surface area contributed by atoms with Crippen LogP contribution in [0.15, 0.2) is 0 Å². The Morgan fingerprint density at radius 3 is 2.25 bits per heavy atom. The van der Waals surface area contributed by atoms with Crippen molar-refractivity contribution in [3.63, 3.8) is 0 Å². The number of hydrogen-bond donors (Lipinski definition) is 1. The first-order valence-corrected chi connectivity index (χ1v) is 9.26. The Morgan fingerprint density at radius 1 is 1.00 bits per heavy atom. The molecule has 0 aromatic heterocycles. The quantitative estimate of drug-likeness (QED) is 0.831. The molecule has 1 heterocycles. The lowest BCUT2D eigenvalue weighted by atomic mass is 9.52. The van der Waals surface area contributed by atoms with Crippen molar-refractivity contribution in [3.8, 4) is 0 Å². The molecular weight excluding hydrogens is 244 g/mol. The average molecular weight is 276 g/mol. The van der Waals surface area contributed by atoms with Crippen LogP contribution in [0.3, 0.4) is 0 Å². The Hall–Kier alpha value is -0.0800. The van der Waals surface area contributed by atoms with E-state index in [1.54, 1.807) is 38.5 Å². The van der Waals surface area contributed by atoms with Crippen LogP contribution in [0.25, 0.3) is 0 Å². The maximum absolute atomic E-state index is 3.74. The van der Waals surface area contributed by atoms with Crippen LogP contribution < -0.4 is 5.32 Å². The second-order valence-corrected chi connectivity index (χ2v) is 8.33. The predicted octanol–water partition coefficient (Wildman–Crippen LogP) is 3.42. The fourth-order valence-corrected chi connectivity index (χ4v) is 6.38. The van der Waals surface area contributed by atoms with E-state index in [0.29, 0.717) is 5.54 Å². The van der Waals surface area contributed by atoms with Crippen LogP contribution in [-0.4, -0.2) is 36.1 Å². The molecule has 2 nitrogen and oxygen atoms in total. The summed E-state index contributed by atoms with van der Waals surface area (Å²) in [4.78, 5) is 2.97. The van der Waals surface area contributed by atoms with Crippen molar-refractivity contribution < 1.29 is 0 Å². The maximum Gasteiger partial charge on any atom is 0.0217 e. The molecule has 1 atom stereocenters. The number of hydrogen-bond acceptors (Lipinski definition) is 2. The third-order valence-electron chi connectivity index (χ3n) is 6.95. The molecule has 1 unspecified atom stereocenters. The Bertz CT molecular complexity index is 316. The first-order valence-electron chi connectivity index (χ1n) is 9.26. The Morgan fingerprint density at radius 2 is 1.65 bits per heavy atom. The zero-order valence-corrected chi connectivity index (χ0v) is 13.2. The minimum Gasteiger partial charge on any atom is -0.314 e. The van der Waals surface area contributed by atoms with Crippen molar-refractivity contribution in [3.05, 3.63) is 0 Å². The van der Waals surface area contributed by atoms with Gasteiger partial charge >= 0.3 is 0 Å². The van der Waals surface area contributed by atoms with Crippen LogP contribution in [0, 0.1) is 17.8 Å². The van der Waals surface area contributed by atoms with E-state index in [1.807, 2.05) is 0 Å². The summed E-state index contributed by atoms with van der Waals surface area (Å²) in [6, 6.07) is 0.770. The average Bonchev–Trinajstić information content (AvgIpc) is 2.36. The van der Waals surface area contributed by atoms with E-state index in [1.165, 1.54) is 38.9 Å². The van der Waals surface area contributed by atoms with E-state index >= 15 is 0 Å². The first kappa shape index (κ1) is 13.6. The minimum atomic E-state index is 0.643. The van der Waals surface area contributed by atoms with E-state index in [0.717, 1.165) is 23.8 Å². The summed E-state index contributed by atoms with van der Waals surface area (Å²) in [5, 5.41) is 3.74. The normalized spacial score (nSPS) is 49.0. The molecule has 5 aliphatic rings. The molecule has 0 aromatic rings. The molecule has 4 bridgehead atoms. The summed E-state index contributed by atoms with van der Waals surface area (Å²) in [7, 11) is 0. The fraction of sp³-hybridized carbons (Fsp3) is 1.00. The van der Waals surface area contributed by atoms with Gasteiger partial charge in [0.1, 0.15) is 0 Å². The van der Waals surface area contributed by atoms with Crippen molar-refractivity contribution in [2.24, 2.45) is 17.8 Å². The Labute approximate surface area is 124 Å². The van der Waals surface area contributed by atoms with Crippen molar-refractivity contribution >= 4 is 0 Å². The molecule has 20 heavy (non-hydrogen) atoms. The smallest absolute Gasteiger partial charge is 0.0217 e. The van der Waals surface area contributed by atoms with Gasteiger partial charge in [-0.15, -0.1) is 0 Å². The molecule has 4 aliphatic carbocycles. The van der Waals surface area contributed by atoms with Crippen LogP contribution >= 0.6 is 0 Å². The summed E-state index contributed by atoms with van der Waals surface area (Å²) in [5.74, 6) is 3.27. The van der Waals surface area contributed by atoms with E-state index in [9.17, 15) is 0 Å². The predicted molar refractivity (Wildman–Crippen MR) is 83.8 cm³/mol. The van der Waals surface area contributed by atoms with Crippen LogP contribution in [-0.2, 0) is 0 Å². The minimum absolute atomic E-state index is 0.643. The fourth-order valence-electron chi connectivity index (χ4n) is 6.38. The molecule has 114 valence electrons. The zero-order valence-electron chi connectivity index (χ0n) is 13.2. The molecule has 0 radical (unpaired) electrons. The van der Waals surface area contributed by atoms with E-state index in [-0.39, 0.29) is 0 Å². The highest BCUT2D eigenvalue weighted by molar-refractivity contribution is 5.07. The van der Waals surface area contributed by atoms with Gasteiger partial charge in [0, 0.05) is 18.1 Å². The number of nitrogens with zero attached hydrogens (tertiary/aromatic N) is 1. The monoisotopic (exact) mass is 276 g/mol. The van der Waals surface area contributed by atoms with Gasteiger partial charge in [-0.25, -0.2) is 0 Å². The molecule has 0 amide bonds. The van der Waals surface area contributed by atoms with Gasteiger partial charge in [0.25, 0.3) is 0 Å². The summed E-state index contributed by atoms with van der Waals surface area (Å²) >= 11 is 0. The summed E-state index contributed by atoms with van der Waals surface area (Å²) in [5.41, 5.74) is 0.643. The summed E-state index contributed by atoms with van der Waals surface area (Å²) in [6.45, 7) is 6.29. The SMILES string of the molecule is CCC1CCN(C23CC4CC(CC(C4)C2)C3)CCCN1. The van der Waals surface area contributed by atoms with Crippen molar-refractivity contribution in [2.45, 2.75) is 76.3 Å². The highest BCUT2D eigenvalue weighted by Crippen LogP contribution is 2.57. The lowest BCUT2D eigenvalue weighted by molar-refractivity contribution is -0.0912. The van der Waals surface area contributed by atoms with Gasteiger partial charge in [-0.2, -0.15) is 0 Å². The highest BCUT2D eigenvalue weighted by atomic mass is 15.2. The third-order valence-corrected chi connectivity index (χ3v) is 6.95. The third kappa shape index (κ3) is 2.33. The number of nitrogens with one attached hydrogen (secondary N) is 1. The van der Waals surface area contributed by atoms with Gasteiger partial charge in [-0.1, -0.05) is 6.92 Å². The van der Waals surface area contributed by atoms with Gasteiger partial charge in [-0.05, 0) is 88.6 Å². The summed E-state index contributed by atoms with van der Waals surface area (Å²) in [6.07, 6.45) is 13.4. The lowest BCUT2D eigenvalue weighted by Crippen LogP contribution is -2.61. The molecule has 2 heteroatoms. The number of rotatable bonds is 2. The van der Waals surface area contributed by atoms with Gasteiger partial charge in [-0.3, -0.25) is 4.90 Å². The summed E-state index contributed by atoms with van der Waals surface area (Å²) < 4.78 is 0. The molecular formula is C18H32N2. The standard InChI is InChI=1S/C18H32N2/c1-2-17-4-7-20(6-3-5-19-17)18-11-14-8-15(12-18)10-16(9-14)13-18/h14-17,19H,2-13H2,1H3. The Kier molecular flexibility index (Phi) is 3.58. The van der Waals surface area contributed by atoms with E-state index < -0.39 is 0 Å². The zero-order chi connectivity index (χ0) is 13.6. The van der Waals surface area contributed by atoms with E-state index in [4.69, 9.17) is 0 Å². The van der Waals surface area contributed by atoms with Crippen LogP contribution in [0.2, 0.25) is 0 Å². The van der Waals surface area contributed by atoms with E-state index in [2.05, 4.69) is 17.1 Å². The van der Waals surface area contributed by atoms with Crippen LogP contribution in [0.5, 0.6) is 0 Å². The molecule has 5 fully saturated rings. The van der Waals surface area contributed by atoms with Gasteiger partial charge in [0.05, 0.1) is 0 Å². The second-order valence-electron chi connectivity index (χ2n) is 8.33. The van der Waals surface area contributed by atoms with Crippen LogP contribution in [0.1, 0.15) is 64.7 Å². The second kappa shape index (κ2) is 5.28. The van der Waals surface area contributed by atoms with Gasteiger partial charge in [0.15, 0.2) is 0 Å². The maximum atomic E-state index is 3.74. The molecule has 1 N–H and O–H groups in total. The molecule has 4 saturated carbocycles. The first-order chi connectivity index (χ1) is 9.77. The molecule has 1 aliphatic heterocycles. The highest BCUT2D eigenvalue weighted by Gasteiger charge is 2.53. The molecule has 0 aromatic carbocycles. The van der Waals surface area contributed by atoms with Gasteiger partial charge < -0.3 is 5.32 Å². The van der Waals surface area contributed by atoms with Crippen LogP contribution in [0.4, 0.5) is 0 Å². The van der Waals surface area contributed by atoms with Crippen molar-refractivity contribution in [1.82, 2.24) is 10.2 Å².